The first-order chi connectivity index (χ1) is 15.4. The zero-order valence-corrected chi connectivity index (χ0v) is 17.4. The van der Waals surface area contributed by atoms with Crippen molar-refractivity contribution in [2.75, 3.05) is 11.4 Å². The molecule has 1 aliphatic rings. The fourth-order valence-corrected chi connectivity index (χ4v) is 5.13. The van der Waals surface area contributed by atoms with Gasteiger partial charge in [-0.15, -0.1) is 4.09 Å². The van der Waals surface area contributed by atoms with Gasteiger partial charge in [-0.05, 0) is 42.7 Å². The molecule has 0 saturated carbocycles. The van der Waals surface area contributed by atoms with Crippen molar-refractivity contribution in [2.24, 2.45) is 0 Å². The topological polar surface area (TPSA) is 98.8 Å². The summed E-state index contributed by atoms with van der Waals surface area (Å²) in [6, 6.07) is 7.48. The average molecular weight is 457 g/mol. The molecular formula is C20H17F2N7O2S. The molecule has 0 spiro atoms. The van der Waals surface area contributed by atoms with E-state index >= 15 is 0 Å². The van der Waals surface area contributed by atoms with Crippen molar-refractivity contribution in [3.8, 4) is 5.82 Å². The van der Waals surface area contributed by atoms with E-state index in [2.05, 4.69) is 20.2 Å². The summed E-state index contributed by atoms with van der Waals surface area (Å²) < 4.78 is 56.5. The molecule has 1 aliphatic heterocycles. The van der Waals surface area contributed by atoms with Crippen molar-refractivity contribution in [3.63, 3.8) is 0 Å². The van der Waals surface area contributed by atoms with E-state index in [0.29, 0.717) is 30.2 Å². The second-order valence-electron chi connectivity index (χ2n) is 7.28. The van der Waals surface area contributed by atoms with Crippen molar-refractivity contribution >= 4 is 15.8 Å². The first kappa shape index (κ1) is 20.2. The predicted octanol–water partition coefficient (Wildman–Crippen LogP) is 2.72. The molecule has 4 heterocycles. The van der Waals surface area contributed by atoms with Crippen molar-refractivity contribution in [3.05, 3.63) is 78.6 Å². The number of aromatic nitrogens is 6. The minimum atomic E-state index is -4.06. The largest absolute Gasteiger partial charge is 0.349 e. The monoisotopic (exact) mass is 457 g/mol. The van der Waals surface area contributed by atoms with Gasteiger partial charge in [-0.25, -0.2) is 23.4 Å². The van der Waals surface area contributed by atoms with E-state index in [4.69, 9.17) is 0 Å². The molecule has 9 nitrogen and oxygen atoms in total. The van der Waals surface area contributed by atoms with Crippen molar-refractivity contribution < 1.29 is 17.2 Å². The Morgan fingerprint density at radius 1 is 1.03 bits per heavy atom. The third-order valence-electron chi connectivity index (χ3n) is 5.31. The van der Waals surface area contributed by atoms with Crippen LogP contribution in [0, 0.1) is 11.6 Å². The van der Waals surface area contributed by atoms with Crippen LogP contribution in [0.5, 0.6) is 0 Å². The summed E-state index contributed by atoms with van der Waals surface area (Å²) >= 11 is 0. The Hall–Kier alpha value is -3.67. The Morgan fingerprint density at radius 3 is 2.53 bits per heavy atom. The first-order valence-corrected chi connectivity index (χ1v) is 11.2. The van der Waals surface area contributed by atoms with Crippen molar-refractivity contribution in [2.45, 2.75) is 23.8 Å². The predicted molar refractivity (Wildman–Crippen MR) is 110 cm³/mol. The Kier molecular flexibility index (Phi) is 4.93. The fourth-order valence-electron chi connectivity index (χ4n) is 3.92. The molecule has 0 bridgehead atoms. The highest BCUT2D eigenvalue weighted by Crippen LogP contribution is 2.37. The van der Waals surface area contributed by atoms with Gasteiger partial charge < -0.3 is 4.90 Å². The Bertz CT molecular complexity index is 1330. The number of benzene rings is 1. The number of pyridine rings is 1. The molecule has 164 valence electrons. The van der Waals surface area contributed by atoms with Gasteiger partial charge in [0.1, 0.15) is 35.0 Å². The van der Waals surface area contributed by atoms with Crippen LogP contribution in [-0.2, 0) is 10.0 Å². The molecule has 1 atom stereocenters. The molecule has 0 amide bonds. The highest BCUT2D eigenvalue weighted by Gasteiger charge is 2.32. The second-order valence-corrected chi connectivity index (χ2v) is 9.05. The number of rotatable bonds is 5. The van der Waals surface area contributed by atoms with Gasteiger partial charge in [-0.3, -0.25) is 0 Å². The van der Waals surface area contributed by atoms with Crippen LogP contribution in [-0.4, -0.2) is 43.9 Å². The van der Waals surface area contributed by atoms with Crippen LogP contribution in [0.3, 0.4) is 0 Å². The molecule has 5 rings (SSSR count). The summed E-state index contributed by atoms with van der Waals surface area (Å²) in [6.45, 7) is 0.521. The number of halogens is 2. The maximum atomic E-state index is 13.8. The molecule has 1 aromatic carbocycles. The van der Waals surface area contributed by atoms with E-state index in [1.807, 2.05) is 0 Å². The summed E-state index contributed by atoms with van der Waals surface area (Å²) in [4.78, 5) is 9.73. The standard InChI is InChI=1S/C20H17F2N7O2S/c21-15-8-14(9-16(22)10-15)18-2-1-7-27(18)20-5-6-25-29(20)32(30,31)17-3-4-19(24-11-17)28-13-23-12-26-28/h3-6,8-13,18H,1-2,7H2. The molecule has 32 heavy (non-hydrogen) atoms. The van der Waals surface area contributed by atoms with Gasteiger partial charge in [-0.1, -0.05) is 0 Å². The van der Waals surface area contributed by atoms with E-state index in [9.17, 15) is 17.2 Å². The van der Waals surface area contributed by atoms with Crippen LogP contribution in [0.15, 0.2) is 66.3 Å². The smallest absolute Gasteiger partial charge is 0.286 e. The molecule has 1 unspecified atom stereocenters. The lowest BCUT2D eigenvalue weighted by Gasteiger charge is -2.27. The van der Waals surface area contributed by atoms with Gasteiger partial charge in [0.05, 0.1) is 12.2 Å². The summed E-state index contributed by atoms with van der Waals surface area (Å²) in [5, 5.41) is 7.99. The lowest BCUT2D eigenvalue weighted by molar-refractivity contribution is 0.568. The number of nitrogens with zero attached hydrogens (tertiary/aromatic N) is 7. The quantitative estimate of drug-likeness (QED) is 0.454. The number of anilines is 1. The van der Waals surface area contributed by atoms with E-state index in [0.717, 1.165) is 16.6 Å². The maximum Gasteiger partial charge on any atom is 0.286 e. The molecule has 4 aromatic rings. The van der Waals surface area contributed by atoms with Crippen LogP contribution in [0.2, 0.25) is 0 Å². The molecule has 3 aromatic heterocycles. The summed E-state index contributed by atoms with van der Waals surface area (Å²) in [7, 11) is -4.06. The molecule has 0 radical (unpaired) electrons. The van der Waals surface area contributed by atoms with Crippen molar-refractivity contribution in [1.29, 1.82) is 0 Å². The molecule has 0 N–H and O–H groups in total. The molecule has 0 aliphatic carbocycles. The van der Waals surface area contributed by atoms with E-state index in [1.54, 1.807) is 11.0 Å². The van der Waals surface area contributed by atoms with Crippen LogP contribution in [0.1, 0.15) is 24.4 Å². The van der Waals surface area contributed by atoms with Crippen LogP contribution < -0.4 is 4.90 Å². The minimum Gasteiger partial charge on any atom is -0.349 e. The van der Waals surface area contributed by atoms with Gasteiger partial charge in [0.15, 0.2) is 5.82 Å². The van der Waals surface area contributed by atoms with E-state index in [-0.39, 0.29) is 10.9 Å². The van der Waals surface area contributed by atoms with Crippen LogP contribution in [0.4, 0.5) is 14.6 Å². The van der Waals surface area contributed by atoms with Gasteiger partial charge in [0.25, 0.3) is 10.0 Å². The highest BCUT2D eigenvalue weighted by atomic mass is 32.2. The zero-order chi connectivity index (χ0) is 22.3. The first-order valence-electron chi connectivity index (χ1n) is 9.77. The summed E-state index contributed by atoms with van der Waals surface area (Å²) in [5.74, 6) is -0.620. The maximum absolute atomic E-state index is 13.8. The zero-order valence-electron chi connectivity index (χ0n) is 16.6. The fraction of sp³-hybridized carbons (Fsp3) is 0.200. The van der Waals surface area contributed by atoms with Crippen LogP contribution in [0.25, 0.3) is 5.82 Å². The van der Waals surface area contributed by atoms with Gasteiger partial charge in [-0.2, -0.15) is 18.6 Å². The van der Waals surface area contributed by atoms with E-state index < -0.39 is 21.7 Å². The molecule has 1 fully saturated rings. The second kappa shape index (κ2) is 7.79. The Morgan fingerprint density at radius 2 is 1.84 bits per heavy atom. The lowest BCUT2D eigenvalue weighted by atomic mass is 10.0. The summed E-state index contributed by atoms with van der Waals surface area (Å²) in [6.07, 6.45) is 6.77. The van der Waals surface area contributed by atoms with Crippen molar-refractivity contribution in [1.82, 2.24) is 28.9 Å². The summed E-state index contributed by atoms with van der Waals surface area (Å²) in [5.41, 5.74) is 0.448. The van der Waals surface area contributed by atoms with Gasteiger partial charge in [0, 0.05) is 24.9 Å². The lowest BCUT2D eigenvalue weighted by Crippen LogP contribution is -2.28. The van der Waals surface area contributed by atoms with Gasteiger partial charge >= 0.3 is 0 Å². The highest BCUT2D eigenvalue weighted by molar-refractivity contribution is 7.90. The third-order valence-corrected chi connectivity index (χ3v) is 6.88. The third kappa shape index (κ3) is 3.51. The van der Waals surface area contributed by atoms with Gasteiger partial charge in [0.2, 0.25) is 0 Å². The van der Waals surface area contributed by atoms with Crippen LogP contribution >= 0.6 is 0 Å². The number of hydrogen-bond acceptors (Lipinski definition) is 7. The SMILES string of the molecule is O=S(=O)(c1ccc(-n2cncn2)nc1)n1nccc1N1CCCC1c1cc(F)cc(F)c1. The molecular weight excluding hydrogens is 440 g/mol. The Balaban J connectivity index is 1.49. The average Bonchev–Trinajstić information content (AvgIpc) is 3.54. The number of hydrogen-bond donors (Lipinski definition) is 0. The Labute approximate surface area is 182 Å². The normalized spacial score (nSPS) is 16.6. The van der Waals surface area contributed by atoms with E-state index in [1.165, 1.54) is 54.0 Å². The molecule has 1 saturated heterocycles. The molecule has 12 heteroatoms. The minimum absolute atomic E-state index is 0.0566.